The van der Waals surface area contributed by atoms with Gasteiger partial charge in [-0.15, -0.1) is 10.1 Å². The third kappa shape index (κ3) is 7.99. The minimum absolute atomic E-state index is 0.0237. The van der Waals surface area contributed by atoms with E-state index < -0.39 is 92.5 Å². The number of carbonyl (C=O) groups is 2. The lowest BCUT2D eigenvalue weighted by molar-refractivity contribution is -0.767. The van der Waals surface area contributed by atoms with Crippen LogP contribution in [-0.4, -0.2) is 48.5 Å². The Morgan fingerprint density at radius 2 is 1.74 bits per heavy atom. The van der Waals surface area contributed by atoms with Crippen molar-refractivity contribution >= 4 is 28.4 Å². The van der Waals surface area contributed by atoms with Crippen LogP contribution >= 0.6 is 10.2 Å². The summed E-state index contributed by atoms with van der Waals surface area (Å²) in [6.07, 6.45) is -13.3. The fourth-order valence-electron chi connectivity index (χ4n) is 3.03. The summed E-state index contributed by atoms with van der Waals surface area (Å²) in [6, 6.07) is -0.175. The predicted molar refractivity (Wildman–Crippen MR) is 111 cm³/mol. The Hall–Kier alpha value is -3.51. The molecule has 1 aromatic carbocycles. The highest BCUT2D eigenvalue weighted by molar-refractivity contribution is 8.45. The van der Waals surface area contributed by atoms with Crippen molar-refractivity contribution in [1.82, 2.24) is 0 Å². The van der Waals surface area contributed by atoms with E-state index in [-0.39, 0.29) is 18.2 Å². The van der Waals surface area contributed by atoms with E-state index in [1.165, 1.54) is 6.92 Å². The van der Waals surface area contributed by atoms with Gasteiger partial charge in [-0.1, -0.05) is 26.4 Å². The van der Waals surface area contributed by atoms with Gasteiger partial charge in [0.15, 0.2) is 0 Å². The average molecular weight is 589 g/mol. The van der Waals surface area contributed by atoms with Crippen molar-refractivity contribution in [2.75, 3.05) is 6.61 Å². The normalized spacial score (nSPS) is 18.8. The molecule has 0 aromatic heterocycles. The van der Waals surface area contributed by atoms with Crippen LogP contribution in [0.15, 0.2) is 22.6 Å². The number of fused-ring (bicyclic) bond motifs is 1. The molecule has 0 amide bonds. The molecule has 0 saturated carbocycles. The van der Waals surface area contributed by atoms with Gasteiger partial charge in [-0.3, -0.25) is 0 Å². The van der Waals surface area contributed by atoms with Crippen LogP contribution in [0.25, 0.3) is 6.08 Å². The second kappa shape index (κ2) is 9.66. The maximum Gasteiger partial charge on any atom is 0.511 e. The molecule has 2 rings (SSSR count). The van der Waals surface area contributed by atoms with Crippen LogP contribution in [0.3, 0.4) is 0 Å². The van der Waals surface area contributed by atoms with E-state index in [4.69, 9.17) is 4.74 Å². The van der Waals surface area contributed by atoms with Crippen LogP contribution in [0.1, 0.15) is 31.9 Å². The van der Waals surface area contributed by atoms with E-state index in [1.807, 2.05) is 0 Å². The summed E-state index contributed by atoms with van der Waals surface area (Å²) in [5, 5.41) is 9.00. The molecule has 0 N–H and O–H groups in total. The second-order valence-corrected chi connectivity index (χ2v) is 10.2. The molecule has 38 heavy (non-hydrogen) atoms. The Balaban J connectivity index is 2.34. The number of alkyl halides is 3. The van der Waals surface area contributed by atoms with Gasteiger partial charge in [-0.25, -0.2) is 9.59 Å². The molecule has 1 aromatic rings. The van der Waals surface area contributed by atoms with Gasteiger partial charge >= 0.3 is 28.5 Å². The van der Waals surface area contributed by atoms with Crippen molar-refractivity contribution in [2.45, 2.75) is 56.8 Å². The molecule has 3 unspecified atom stereocenters. The van der Waals surface area contributed by atoms with Crippen molar-refractivity contribution in [3.05, 3.63) is 38.9 Å². The summed E-state index contributed by atoms with van der Waals surface area (Å²) < 4.78 is 126. The molecule has 0 radical (unpaired) electrons. The first-order valence-electron chi connectivity index (χ1n) is 10.2. The average Bonchev–Trinajstić information content (AvgIpc) is 2.73. The first-order chi connectivity index (χ1) is 17.0. The maximum absolute atomic E-state index is 13.7. The zero-order valence-electron chi connectivity index (χ0n) is 19.4. The molecule has 19 heteroatoms. The molecule has 3 atom stereocenters. The first kappa shape index (κ1) is 30.7. The van der Waals surface area contributed by atoms with Crippen LogP contribution in [0.5, 0.6) is 5.75 Å². The van der Waals surface area contributed by atoms with Crippen molar-refractivity contribution in [2.24, 2.45) is 0 Å². The second-order valence-electron chi connectivity index (χ2n) is 7.75. The van der Waals surface area contributed by atoms with Crippen molar-refractivity contribution in [1.29, 1.82) is 0 Å². The lowest BCUT2D eigenvalue weighted by Crippen LogP contribution is -2.41. The Morgan fingerprint density at radius 3 is 2.24 bits per heavy atom. The van der Waals surface area contributed by atoms with Gasteiger partial charge in [-0.2, -0.15) is 13.2 Å². The Kier molecular flexibility index (Phi) is 7.81. The number of hydrogen-bond acceptors (Lipinski definition) is 9. The van der Waals surface area contributed by atoms with E-state index in [9.17, 15) is 52.3 Å². The van der Waals surface area contributed by atoms with E-state index in [2.05, 4.69) is 19.0 Å². The van der Waals surface area contributed by atoms with Crippen molar-refractivity contribution in [3.8, 4) is 5.75 Å². The Morgan fingerprint density at radius 1 is 1.13 bits per heavy atom. The quantitative estimate of drug-likeness (QED) is 0.108. The van der Waals surface area contributed by atoms with Gasteiger partial charge in [0, 0.05) is 12.5 Å². The highest BCUT2D eigenvalue weighted by Gasteiger charge is 2.66. The largest absolute Gasteiger partial charge is 0.511 e. The van der Waals surface area contributed by atoms with Crippen LogP contribution in [-0.2, 0) is 30.3 Å². The summed E-state index contributed by atoms with van der Waals surface area (Å²) >= 11 is 0. The number of nitrogens with zero attached hydrogens (tertiary/aromatic N) is 1. The van der Waals surface area contributed by atoms with Gasteiger partial charge in [0.05, 0.1) is 5.57 Å². The van der Waals surface area contributed by atoms with E-state index >= 15 is 0 Å². The van der Waals surface area contributed by atoms with Gasteiger partial charge in [-0.05, 0) is 37.1 Å². The molecule has 216 valence electrons. The summed E-state index contributed by atoms with van der Waals surface area (Å²) in [4.78, 5) is 35.9. The van der Waals surface area contributed by atoms with E-state index in [1.54, 1.807) is 0 Å². The minimum Gasteiger partial charge on any atom is -0.475 e. The number of halogens is 8. The minimum atomic E-state index is -10.3. The lowest BCUT2D eigenvalue weighted by Gasteiger charge is -2.41. The third-order valence-electron chi connectivity index (χ3n) is 4.59. The number of esters is 1. The fraction of sp³-hybridized carbons (Fsp3) is 0.474. The number of hydrogen-bond donors (Lipinski definition) is 0. The monoisotopic (exact) mass is 589 g/mol. The van der Waals surface area contributed by atoms with Crippen LogP contribution < -0.4 is 4.74 Å². The number of rotatable bonds is 9. The molecule has 0 fully saturated rings. The molecular weight excluding hydrogens is 570 g/mol. The summed E-state index contributed by atoms with van der Waals surface area (Å²) in [5.41, 5.74) is -2.95. The number of benzene rings is 1. The molecule has 0 spiro atoms. The number of carbonyl (C=O) groups excluding carboxylic acids is 2. The van der Waals surface area contributed by atoms with Crippen LogP contribution in [0.2, 0.25) is 0 Å². The van der Waals surface area contributed by atoms with Gasteiger partial charge < -0.3 is 23.8 Å². The Labute approximate surface area is 208 Å². The highest BCUT2D eigenvalue weighted by atomic mass is 32.5. The van der Waals surface area contributed by atoms with Gasteiger partial charge in [0.1, 0.15) is 23.4 Å². The zero-order chi connectivity index (χ0) is 29.3. The molecular formula is C19H19F8NO9S. The van der Waals surface area contributed by atoms with Crippen LogP contribution in [0, 0.1) is 10.1 Å². The number of ether oxygens (including phenoxy) is 4. The van der Waals surface area contributed by atoms with Gasteiger partial charge in [0.2, 0.25) is 12.4 Å². The molecule has 1 heterocycles. The summed E-state index contributed by atoms with van der Waals surface area (Å²) in [6.45, 7) is 2.46. The SMILES string of the molecule is CCc1cc(S(F)(F)(F)(F)F)cc2c1OC(C(F)(F)F)C(C(=O)OC(C)OC(=O)OCC(C)O[N+](=O)[O-])=C2. The molecule has 1 aliphatic rings. The molecule has 0 saturated heterocycles. The number of aryl methyl sites for hydroxylation is 1. The highest BCUT2D eigenvalue weighted by Crippen LogP contribution is 3.02. The third-order valence-corrected chi connectivity index (χ3v) is 5.72. The van der Waals surface area contributed by atoms with Gasteiger partial charge in [0.25, 0.3) is 5.09 Å². The van der Waals surface area contributed by atoms with E-state index in [0.717, 1.165) is 13.8 Å². The van der Waals surface area contributed by atoms with E-state index in [0.29, 0.717) is 0 Å². The van der Waals surface area contributed by atoms with Crippen molar-refractivity contribution < 1.29 is 71.1 Å². The smallest absolute Gasteiger partial charge is 0.475 e. The van der Waals surface area contributed by atoms with Crippen molar-refractivity contribution in [3.63, 3.8) is 0 Å². The standard InChI is InChI=1S/C19H19F8NO9S/c1-4-11-5-13(38(23,24,25,26)27)6-12-7-14(16(19(20,21)22)36-15(11)12)17(29)34-10(3)35-18(30)33-8-9(2)37-28(31)32/h5-7,9-10,16H,4,8H2,1-3H3. The van der Waals surface area contributed by atoms with Crippen LogP contribution in [0.4, 0.5) is 37.4 Å². The maximum atomic E-state index is 13.7. The summed E-state index contributed by atoms with van der Waals surface area (Å²) in [7, 11) is -10.3. The molecule has 1 aliphatic heterocycles. The molecule has 10 nitrogen and oxygen atoms in total. The predicted octanol–water partition coefficient (Wildman–Crippen LogP) is 6.25. The lowest BCUT2D eigenvalue weighted by atomic mass is 9.98. The molecule has 0 bridgehead atoms. The zero-order valence-corrected chi connectivity index (χ0v) is 20.2. The first-order valence-corrected chi connectivity index (χ1v) is 12.2. The Bertz CT molecular complexity index is 1150. The summed E-state index contributed by atoms with van der Waals surface area (Å²) in [5.74, 6) is -2.67. The topological polar surface area (TPSA) is 123 Å². The fourth-order valence-corrected chi connectivity index (χ4v) is 3.74. The molecule has 0 aliphatic carbocycles.